The summed E-state index contributed by atoms with van der Waals surface area (Å²) in [6.07, 6.45) is 3.11. The molecule has 2 N–H and O–H groups in total. The van der Waals surface area contributed by atoms with Crippen molar-refractivity contribution in [2.75, 3.05) is 0 Å². The van der Waals surface area contributed by atoms with Crippen molar-refractivity contribution in [2.45, 2.75) is 46.1 Å². The molecular formula is C12H22ClNO. The topological polar surface area (TPSA) is 39.2 Å². The Hall–Kier alpha value is -0.470. The molecule has 0 fully saturated rings. The Labute approximate surface area is 98.6 Å². The van der Waals surface area contributed by atoms with Gasteiger partial charge in [-0.1, -0.05) is 20.8 Å². The smallest absolute Gasteiger partial charge is 0.120 e. The molecule has 1 rings (SSSR count). The van der Waals surface area contributed by atoms with Gasteiger partial charge in [0.05, 0.1) is 6.04 Å². The number of halogens is 1. The summed E-state index contributed by atoms with van der Waals surface area (Å²) in [5, 5.41) is 0. The summed E-state index contributed by atoms with van der Waals surface area (Å²) in [5.74, 6) is 2.67. The molecule has 1 heterocycles. The van der Waals surface area contributed by atoms with Gasteiger partial charge < -0.3 is 10.2 Å². The second-order valence-corrected chi connectivity index (χ2v) is 4.24. The molecule has 0 unspecified atom stereocenters. The molecule has 1 aromatic rings. The first-order valence-corrected chi connectivity index (χ1v) is 5.47. The van der Waals surface area contributed by atoms with E-state index in [-0.39, 0.29) is 18.4 Å². The molecule has 3 heteroatoms. The maximum atomic E-state index is 6.02. The van der Waals surface area contributed by atoms with E-state index in [9.17, 15) is 0 Å². The normalized spacial score (nSPS) is 12.6. The van der Waals surface area contributed by atoms with Crippen LogP contribution in [0, 0.1) is 5.92 Å². The quantitative estimate of drug-likeness (QED) is 0.839. The fraction of sp³-hybridized carbons (Fsp3) is 0.667. The van der Waals surface area contributed by atoms with E-state index >= 15 is 0 Å². The molecule has 0 aliphatic rings. The molecule has 1 aromatic heterocycles. The molecule has 0 aromatic carbocycles. The van der Waals surface area contributed by atoms with Crippen LogP contribution in [0.3, 0.4) is 0 Å². The second kappa shape index (κ2) is 6.91. The maximum Gasteiger partial charge on any atom is 0.120 e. The van der Waals surface area contributed by atoms with Gasteiger partial charge in [0.15, 0.2) is 0 Å². The monoisotopic (exact) mass is 231 g/mol. The van der Waals surface area contributed by atoms with Gasteiger partial charge in [0.25, 0.3) is 0 Å². The van der Waals surface area contributed by atoms with Crippen molar-refractivity contribution >= 4 is 12.4 Å². The van der Waals surface area contributed by atoms with Gasteiger partial charge in [-0.15, -0.1) is 12.4 Å². The van der Waals surface area contributed by atoms with Gasteiger partial charge >= 0.3 is 0 Å². The summed E-state index contributed by atoms with van der Waals surface area (Å²) in [6.45, 7) is 6.51. The fourth-order valence-corrected chi connectivity index (χ4v) is 1.44. The van der Waals surface area contributed by atoms with Crippen LogP contribution in [0.5, 0.6) is 0 Å². The zero-order valence-corrected chi connectivity index (χ0v) is 10.6. The van der Waals surface area contributed by atoms with Crippen LogP contribution < -0.4 is 5.73 Å². The number of furan rings is 1. The second-order valence-electron chi connectivity index (χ2n) is 4.24. The van der Waals surface area contributed by atoms with E-state index in [0.29, 0.717) is 5.92 Å². The van der Waals surface area contributed by atoms with Gasteiger partial charge in [-0.25, -0.2) is 0 Å². The number of nitrogens with two attached hydrogens (primary N) is 1. The largest absolute Gasteiger partial charge is 0.464 e. The third-order valence-electron chi connectivity index (χ3n) is 2.45. The Morgan fingerprint density at radius 1 is 1.27 bits per heavy atom. The van der Waals surface area contributed by atoms with E-state index in [1.807, 2.05) is 12.1 Å². The Kier molecular flexibility index (Phi) is 6.70. The Balaban J connectivity index is 0.00000196. The van der Waals surface area contributed by atoms with Crippen LogP contribution in [0.4, 0.5) is 0 Å². The predicted octanol–water partition coefficient (Wildman–Crippen LogP) is 3.70. The first-order valence-electron chi connectivity index (χ1n) is 5.47. The minimum Gasteiger partial charge on any atom is -0.464 e. The van der Waals surface area contributed by atoms with Crippen LogP contribution >= 0.6 is 12.4 Å². The van der Waals surface area contributed by atoms with E-state index in [0.717, 1.165) is 30.8 Å². The van der Waals surface area contributed by atoms with Gasteiger partial charge in [-0.2, -0.15) is 0 Å². The molecule has 0 bridgehead atoms. The summed E-state index contributed by atoms with van der Waals surface area (Å²) in [4.78, 5) is 0. The van der Waals surface area contributed by atoms with E-state index in [1.165, 1.54) is 0 Å². The van der Waals surface area contributed by atoms with Crippen molar-refractivity contribution < 1.29 is 4.42 Å². The lowest BCUT2D eigenvalue weighted by Crippen LogP contribution is -2.10. The van der Waals surface area contributed by atoms with E-state index in [1.54, 1.807) is 0 Å². The van der Waals surface area contributed by atoms with Crippen molar-refractivity contribution in [2.24, 2.45) is 11.7 Å². The van der Waals surface area contributed by atoms with Crippen LogP contribution in [-0.2, 0) is 6.42 Å². The Morgan fingerprint density at radius 3 is 2.40 bits per heavy atom. The van der Waals surface area contributed by atoms with E-state index in [2.05, 4.69) is 20.8 Å². The third kappa shape index (κ3) is 4.72. The van der Waals surface area contributed by atoms with Gasteiger partial charge in [0.2, 0.25) is 0 Å². The molecule has 0 amide bonds. The lowest BCUT2D eigenvalue weighted by Gasteiger charge is -2.10. The molecule has 2 nitrogen and oxygen atoms in total. The van der Waals surface area contributed by atoms with Crippen molar-refractivity contribution in [1.29, 1.82) is 0 Å². The zero-order valence-electron chi connectivity index (χ0n) is 9.82. The van der Waals surface area contributed by atoms with Crippen LogP contribution in [0.15, 0.2) is 16.5 Å². The van der Waals surface area contributed by atoms with Gasteiger partial charge in [-0.3, -0.25) is 0 Å². The van der Waals surface area contributed by atoms with Crippen molar-refractivity contribution in [1.82, 2.24) is 0 Å². The average Bonchev–Trinajstić information content (AvgIpc) is 2.62. The van der Waals surface area contributed by atoms with E-state index < -0.39 is 0 Å². The SMILES string of the molecule is CCc1ccc([C@H](N)CCC(C)C)o1.Cl. The summed E-state index contributed by atoms with van der Waals surface area (Å²) in [5.41, 5.74) is 6.02. The van der Waals surface area contributed by atoms with E-state index in [4.69, 9.17) is 10.2 Å². The number of hydrogen-bond donors (Lipinski definition) is 1. The lowest BCUT2D eigenvalue weighted by molar-refractivity contribution is 0.405. The molecule has 0 radical (unpaired) electrons. The highest BCUT2D eigenvalue weighted by Gasteiger charge is 2.10. The summed E-state index contributed by atoms with van der Waals surface area (Å²) in [6, 6.07) is 4.09. The summed E-state index contributed by atoms with van der Waals surface area (Å²) in [7, 11) is 0. The van der Waals surface area contributed by atoms with Gasteiger partial charge in [0, 0.05) is 6.42 Å². The predicted molar refractivity (Wildman–Crippen MR) is 66.3 cm³/mol. The maximum absolute atomic E-state index is 6.02. The molecule has 0 saturated heterocycles. The third-order valence-corrected chi connectivity index (χ3v) is 2.45. The highest BCUT2D eigenvalue weighted by atomic mass is 35.5. The van der Waals surface area contributed by atoms with Crippen molar-refractivity contribution in [3.8, 4) is 0 Å². The first-order chi connectivity index (χ1) is 6.63. The zero-order chi connectivity index (χ0) is 10.6. The molecule has 15 heavy (non-hydrogen) atoms. The Morgan fingerprint density at radius 2 is 1.93 bits per heavy atom. The van der Waals surface area contributed by atoms with Crippen molar-refractivity contribution in [3.63, 3.8) is 0 Å². The first kappa shape index (κ1) is 14.5. The van der Waals surface area contributed by atoms with Crippen LogP contribution in [0.25, 0.3) is 0 Å². The lowest BCUT2D eigenvalue weighted by atomic mass is 10.0. The molecule has 88 valence electrons. The van der Waals surface area contributed by atoms with Gasteiger partial charge in [-0.05, 0) is 30.9 Å². The standard InChI is InChI=1S/C12H21NO.ClH/c1-4-10-6-8-12(14-10)11(13)7-5-9(2)3;/h6,8-9,11H,4-5,7,13H2,1-3H3;1H/t11-;/m1./s1. The fourth-order valence-electron chi connectivity index (χ4n) is 1.44. The highest BCUT2D eigenvalue weighted by molar-refractivity contribution is 5.85. The average molecular weight is 232 g/mol. The van der Waals surface area contributed by atoms with Crippen molar-refractivity contribution in [3.05, 3.63) is 23.7 Å². The van der Waals surface area contributed by atoms with Crippen LogP contribution in [0.2, 0.25) is 0 Å². The molecule has 1 atom stereocenters. The highest BCUT2D eigenvalue weighted by Crippen LogP contribution is 2.20. The summed E-state index contributed by atoms with van der Waals surface area (Å²) < 4.78 is 5.60. The van der Waals surface area contributed by atoms with Gasteiger partial charge in [0.1, 0.15) is 11.5 Å². The molecule has 0 aliphatic carbocycles. The molecular weight excluding hydrogens is 210 g/mol. The molecule has 0 saturated carbocycles. The number of aryl methyl sites for hydroxylation is 1. The number of hydrogen-bond acceptors (Lipinski definition) is 2. The van der Waals surface area contributed by atoms with Crippen LogP contribution in [0.1, 0.15) is 51.2 Å². The Bertz CT molecular complexity index is 270. The minimum absolute atomic E-state index is 0. The minimum atomic E-state index is 0. The van der Waals surface area contributed by atoms with Crippen LogP contribution in [-0.4, -0.2) is 0 Å². The molecule has 0 aliphatic heterocycles. The summed E-state index contributed by atoms with van der Waals surface area (Å²) >= 11 is 0. The molecule has 0 spiro atoms. The number of rotatable bonds is 5.